The van der Waals surface area contributed by atoms with E-state index in [1.165, 1.54) is 18.2 Å². The van der Waals surface area contributed by atoms with Gasteiger partial charge in [-0.3, -0.25) is 4.79 Å². The molecule has 0 aliphatic heterocycles. The van der Waals surface area contributed by atoms with E-state index >= 15 is 0 Å². The minimum absolute atomic E-state index is 0.0152. The molecule has 27 heavy (non-hydrogen) atoms. The van der Waals surface area contributed by atoms with Crippen LogP contribution < -0.4 is 9.64 Å². The zero-order valence-electron chi connectivity index (χ0n) is 17.8. The molecule has 0 radical (unpaired) electrons. The molecule has 3 nitrogen and oxygen atoms in total. The predicted octanol–water partition coefficient (Wildman–Crippen LogP) is 7.35. The molecule has 0 N–H and O–H groups in total. The molecule has 0 saturated carbocycles. The summed E-state index contributed by atoms with van der Waals surface area (Å²) in [5.74, 6) is -0.406. The fourth-order valence-corrected chi connectivity index (χ4v) is 2.63. The molecule has 0 saturated heterocycles. The van der Waals surface area contributed by atoms with Gasteiger partial charge in [-0.25, -0.2) is 0 Å². The van der Waals surface area contributed by atoms with E-state index in [-0.39, 0.29) is 17.7 Å². The summed E-state index contributed by atoms with van der Waals surface area (Å²) >= 11 is 0. The Hall–Kier alpha value is -1.72. The molecular weight excluding hydrogens is 355 g/mol. The molecule has 0 atom stereocenters. The monoisotopic (exact) mass is 391 g/mol. The Morgan fingerprint density at radius 3 is 1.96 bits per heavy atom. The van der Waals surface area contributed by atoms with Gasteiger partial charge in [-0.15, -0.1) is 13.2 Å². The third-order valence-corrected chi connectivity index (χ3v) is 3.51. The highest BCUT2D eigenvalue weighted by atomic mass is 19.4. The molecule has 6 heteroatoms. The van der Waals surface area contributed by atoms with E-state index in [4.69, 9.17) is 0 Å². The number of halogens is 3. The van der Waals surface area contributed by atoms with Gasteiger partial charge in [0.15, 0.2) is 0 Å². The van der Waals surface area contributed by atoms with Gasteiger partial charge < -0.3 is 9.64 Å². The first-order chi connectivity index (χ1) is 12.8. The number of ether oxygens (including phenoxy) is 1. The van der Waals surface area contributed by atoms with Crippen LogP contribution in [-0.2, 0) is 4.79 Å². The fraction of sp³-hybridized carbons (Fsp3) is 0.667. The van der Waals surface area contributed by atoms with Crippen LogP contribution in [0.2, 0.25) is 0 Å². The number of amides is 1. The van der Waals surface area contributed by atoms with Crippen LogP contribution in [-0.4, -0.2) is 18.3 Å². The highest BCUT2D eigenvalue weighted by Gasteiger charge is 2.31. The van der Waals surface area contributed by atoms with Crippen LogP contribution in [0.3, 0.4) is 0 Å². The summed E-state index contributed by atoms with van der Waals surface area (Å²) in [5, 5.41) is 0. The van der Waals surface area contributed by atoms with E-state index in [1.54, 1.807) is 17.9 Å². The zero-order valence-corrected chi connectivity index (χ0v) is 17.8. The summed E-state index contributed by atoms with van der Waals surface area (Å²) < 4.78 is 41.2. The number of benzene rings is 1. The van der Waals surface area contributed by atoms with E-state index in [9.17, 15) is 18.0 Å². The highest BCUT2D eigenvalue weighted by molar-refractivity contribution is 5.94. The van der Waals surface area contributed by atoms with Crippen LogP contribution in [0.25, 0.3) is 0 Å². The molecule has 1 aromatic carbocycles. The van der Waals surface area contributed by atoms with Crippen molar-refractivity contribution in [3.63, 3.8) is 0 Å². The lowest BCUT2D eigenvalue weighted by Gasteiger charge is -2.32. The standard InChI is InChI=1S/C17H24F3NO2.2C2H6/c1-4-8-13(9-5-2)21(16(22)6-3)14-10-7-11-15(12-14)23-17(18,19)20;2*1-2/h7,10-13H,4-6,8-9H2,1-3H3;2*1-2H3. The molecule has 0 bridgehead atoms. The lowest BCUT2D eigenvalue weighted by atomic mass is 10.0. The lowest BCUT2D eigenvalue weighted by molar-refractivity contribution is -0.274. The second kappa shape index (κ2) is 15.3. The van der Waals surface area contributed by atoms with Gasteiger partial charge in [0.1, 0.15) is 5.75 Å². The number of anilines is 1. The molecule has 0 aliphatic rings. The van der Waals surface area contributed by atoms with Crippen LogP contribution in [0.5, 0.6) is 5.75 Å². The summed E-state index contributed by atoms with van der Waals surface area (Å²) in [6.45, 7) is 13.8. The fourth-order valence-electron chi connectivity index (χ4n) is 2.63. The quantitative estimate of drug-likeness (QED) is 0.463. The molecule has 0 spiro atoms. The third-order valence-electron chi connectivity index (χ3n) is 3.51. The van der Waals surface area contributed by atoms with E-state index in [2.05, 4.69) is 4.74 Å². The summed E-state index contributed by atoms with van der Waals surface area (Å²) in [4.78, 5) is 14.0. The van der Waals surface area contributed by atoms with Gasteiger partial charge in [0.05, 0.1) is 0 Å². The average molecular weight is 392 g/mol. The number of carbonyl (C=O) groups is 1. The molecule has 0 unspecified atom stereocenters. The molecular formula is C21H36F3NO2. The van der Waals surface area contributed by atoms with Crippen LogP contribution >= 0.6 is 0 Å². The van der Waals surface area contributed by atoms with Crippen LogP contribution in [0, 0.1) is 0 Å². The topological polar surface area (TPSA) is 29.5 Å². The van der Waals surface area contributed by atoms with E-state index < -0.39 is 6.36 Å². The van der Waals surface area contributed by atoms with Gasteiger partial charge in [-0.1, -0.05) is 67.4 Å². The number of hydrogen-bond acceptors (Lipinski definition) is 2. The van der Waals surface area contributed by atoms with Gasteiger partial charge in [0.25, 0.3) is 0 Å². The SMILES string of the molecule is CC.CC.CCCC(CCC)N(C(=O)CC)c1cccc(OC(F)(F)F)c1. The van der Waals surface area contributed by atoms with Crippen molar-refractivity contribution in [2.45, 2.75) is 93.0 Å². The Morgan fingerprint density at radius 1 is 1.04 bits per heavy atom. The average Bonchev–Trinajstić information content (AvgIpc) is 2.64. The number of rotatable bonds is 8. The van der Waals surface area contributed by atoms with Gasteiger partial charge in [-0.05, 0) is 25.0 Å². The molecule has 1 aromatic rings. The van der Waals surface area contributed by atoms with E-state index in [0.717, 1.165) is 25.7 Å². The number of alkyl halides is 3. The first-order valence-electron chi connectivity index (χ1n) is 10.00. The maximum Gasteiger partial charge on any atom is 0.573 e. The van der Waals surface area contributed by atoms with Gasteiger partial charge >= 0.3 is 6.36 Å². The molecule has 1 rings (SSSR count). The smallest absolute Gasteiger partial charge is 0.406 e. The second-order valence-corrected chi connectivity index (χ2v) is 5.39. The number of hydrogen-bond donors (Lipinski definition) is 0. The minimum Gasteiger partial charge on any atom is -0.406 e. The predicted molar refractivity (Wildman–Crippen MR) is 107 cm³/mol. The third kappa shape index (κ3) is 10.9. The Labute approximate surface area is 162 Å². The van der Waals surface area contributed by atoms with Crippen LogP contribution in [0.1, 0.15) is 80.6 Å². The summed E-state index contributed by atoms with van der Waals surface area (Å²) in [6, 6.07) is 5.62. The largest absolute Gasteiger partial charge is 0.573 e. The summed E-state index contributed by atoms with van der Waals surface area (Å²) in [5.41, 5.74) is 0.450. The normalized spacial score (nSPS) is 10.3. The van der Waals surface area contributed by atoms with Gasteiger partial charge in [0, 0.05) is 24.2 Å². The highest BCUT2D eigenvalue weighted by Crippen LogP contribution is 2.30. The van der Waals surface area contributed by atoms with Gasteiger partial charge in [0.2, 0.25) is 5.91 Å². The van der Waals surface area contributed by atoms with Crippen molar-refractivity contribution in [1.82, 2.24) is 0 Å². The Kier molecular flexibility index (Phi) is 15.6. The zero-order chi connectivity index (χ0) is 21.5. The van der Waals surface area contributed by atoms with Crippen molar-refractivity contribution in [3.05, 3.63) is 24.3 Å². The van der Waals surface area contributed by atoms with Gasteiger partial charge in [-0.2, -0.15) is 0 Å². The van der Waals surface area contributed by atoms with Crippen LogP contribution in [0.4, 0.5) is 18.9 Å². The summed E-state index contributed by atoms with van der Waals surface area (Å²) in [6.07, 6.45) is -1.03. The number of nitrogens with zero attached hydrogens (tertiary/aromatic N) is 1. The Morgan fingerprint density at radius 2 is 1.56 bits per heavy atom. The first kappa shape index (κ1) is 27.5. The molecule has 0 fully saturated rings. The summed E-state index contributed by atoms with van der Waals surface area (Å²) in [7, 11) is 0. The van der Waals surface area contributed by atoms with Crippen molar-refractivity contribution < 1.29 is 22.7 Å². The molecule has 0 aromatic heterocycles. The Bertz CT molecular complexity index is 498. The maximum absolute atomic E-state index is 12.4. The van der Waals surface area contributed by atoms with E-state index in [1.807, 2.05) is 41.5 Å². The van der Waals surface area contributed by atoms with Crippen molar-refractivity contribution in [2.24, 2.45) is 0 Å². The lowest BCUT2D eigenvalue weighted by Crippen LogP contribution is -2.40. The minimum atomic E-state index is -4.75. The first-order valence-corrected chi connectivity index (χ1v) is 10.00. The maximum atomic E-state index is 12.4. The van der Waals surface area contributed by atoms with Crippen molar-refractivity contribution >= 4 is 11.6 Å². The van der Waals surface area contributed by atoms with Crippen molar-refractivity contribution in [1.29, 1.82) is 0 Å². The second-order valence-electron chi connectivity index (χ2n) is 5.39. The molecule has 1 amide bonds. The van der Waals surface area contributed by atoms with E-state index in [0.29, 0.717) is 12.1 Å². The van der Waals surface area contributed by atoms with Crippen molar-refractivity contribution in [3.8, 4) is 5.75 Å². The number of carbonyl (C=O) groups excluding carboxylic acids is 1. The molecule has 158 valence electrons. The molecule has 0 aliphatic carbocycles. The van der Waals surface area contributed by atoms with Crippen LogP contribution in [0.15, 0.2) is 24.3 Å². The van der Waals surface area contributed by atoms with Crippen molar-refractivity contribution in [2.75, 3.05) is 4.90 Å². The molecule has 0 heterocycles. The Balaban J connectivity index is 0.